The number of piperidine rings is 4. The van der Waals surface area contributed by atoms with Gasteiger partial charge >= 0.3 is 5.97 Å². The van der Waals surface area contributed by atoms with E-state index in [1.165, 1.54) is 18.2 Å². The van der Waals surface area contributed by atoms with Crippen LogP contribution in [0.2, 0.25) is 0 Å². The van der Waals surface area contributed by atoms with Crippen molar-refractivity contribution in [3.63, 3.8) is 0 Å². The number of likely N-dealkylation sites (N-methyl/N-ethyl adjacent to an activating group) is 1. The molecule has 5 aliphatic heterocycles. The Bertz CT molecular complexity index is 919. The number of methoxy groups -OCH3 is 1. The average molecular weight is 403 g/mol. The predicted molar refractivity (Wildman–Crippen MR) is 101 cm³/mol. The van der Waals surface area contributed by atoms with Gasteiger partial charge in [-0.15, -0.1) is 0 Å². The number of esters is 1. The Balaban J connectivity index is 0.00000171. The third-order valence-corrected chi connectivity index (χ3v) is 9.11. The lowest BCUT2D eigenvalue weighted by Crippen LogP contribution is -3.00. The Labute approximate surface area is 171 Å². The van der Waals surface area contributed by atoms with Gasteiger partial charge in [0.25, 0.3) is 0 Å². The van der Waals surface area contributed by atoms with Gasteiger partial charge in [-0.3, -0.25) is 4.79 Å². The van der Waals surface area contributed by atoms with Gasteiger partial charge in [0.05, 0.1) is 31.7 Å². The molecule has 6 heteroatoms. The molecule has 5 nitrogen and oxygen atoms in total. The van der Waals surface area contributed by atoms with E-state index in [1.807, 2.05) is 6.07 Å². The molecule has 2 N–H and O–H groups in total. The number of quaternary nitrogens is 1. The number of rotatable bonds is 1. The van der Waals surface area contributed by atoms with E-state index in [9.17, 15) is 9.90 Å². The molecule has 150 valence electrons. The fraction of sp³-hybridized carbons (Fsp3) is 0.591. The maximum atomic E-state index is 13.4. The summed E-state index contributed by atoms with van der Waals surface area (Å²) in [6, 6.07) is 9.05. The van der Waals surface area contributed by atoms with Gasteiger partial charge in [0.15, 0.2) is 5.41 Å². The first kappa shape index (κ1) is 18.5. The van der Waals surface area contributed by atoms with Gasteiger partial charge in [-0.05, 0) is 24.1 Å². The molecule has 6 unspecified atom stereocenters. The van der Waals surface area contributed by atoms with Crippen LogP contribution in [0.4, 0.5) is 5.69 Å². The number of allylic oxidation sites excluding steroid dienone is 1. The summed E-state index contributed by atoms with van der Waals surface area (Å²) < 4.78 is 6.24. The third kappa shape index (κ3) is 1.54. The number of para-hydroxylation sites is 1. The normalized spacial score (nSPS) is 50.0. The van der Waals surface area contributed by atoms with Gasteiger partial charge in [-0.25, -0.2) is 0 Å². The number of hydrogen-bond donors (Lipinski definition) is 2. The first-order valence-electron chi connectivity index (χ1n) is 10.1. The van der Waals surface area contributed by atoms with Crippen LogP contribution in [-0.4, -0.2) is 60.5 Å². The van der Waals surface area contributed by atoms with E-state index in [0.717, 1.165) is 29.6 Å². The van der Waals surface area contributed by atoms with Crippen molar-refractivity contribution in [2.75, 3.05) is 26.0 Å². The number of aliphatic hydroxyl groups excluding tert-OH is 1. The Hall–Kier alpha value is -1.56. The number of carbonyl (C=O) groups is 1. The molecule has 0 amide bonds. The van der Waals surface area contributed by atoms with Crippen molar-refractivity contribution < 1.29 is 31.5 Å². The zero-order chi connectivity index (χ0) is 18.8. The van der Waals surface area contributed by atoms with Gasteiger partial charge in [-0.2, -0.15) is 0 Å². The number of benzene rings is 1. The molecule has 7 rings (SSSR count). The maximum Gasteiger partial charge on any atom is 0.321 e. The van der Waals surface area contributed by atoms with Crippen molar-refractivity contribution in [1.29, 1.82) is 0 Å². The van der Waals surface area contributed by atoms with Crippen molar-refractivity contribution in [2.45, 2.75) is 49.4 Å². The second-order valence-electron chi connectivity index (χ2n) is 9.48. The molecule has 1 aliphatic carbocycles. The van der Waals surface area contributed by atoms with E-state index in [-0.39, 0.29) is 36.4 Å². The van der Waals surface area contributed by atoms with E-state index in [0.29, 0.717) is 6.04 Å². The first-order valence-corrected chi connectivity index (χ1v) is 10.1. The number of nitrogens with zero attached hydrogens (tertiary/aromatic N) is 1. The summed E-state index contributed by atoms with van der Waals surface area (Å²) in [6.07, 6.45) is 3.23. The van der Waals surface area contributed by atoms with Crippen LogP contribution in [0.25, 0.3) is 0 Å². The standard InChI is InChI=1S/C22H27N2O3.ClH/c1-4-12-11-24(2)16-9-14(12)22(20(26)27-3)17(24)10-21(19(22)25)13-7-5-6-8-15(13)23-18(16)21;/h4-8,14,16-19,23,25H,9-11H2,1-3H3;1H/q+1;/p-1/t14?,16?,17?,18?,19?,21-,22+,24?;/m1./s1. The summed E-state index contributed by atoms with van der Waals surface area (Å²) in [5.41, 5.74) is 2.41. The molecule has 1 saturated carbocycles. The fourth-order valence-corrected chi connectivity index (χ4v) is 8.23. The summed E-state index contributed by atoms with van der Waals surface area (Å²) in [5.74, 6) is -0.132. The SMILES string of the molecule is CC=C1C[N+]2(C)C3CC1[C@@]1(C(=O)OC)C(O)[C@]4(CC12)c1ccccc1NC34.[Cl-]. The van der Waals surface area contributed by atoms with Crippen molar-refractivity contribution in [3.8, 4) is 0 Å². The molecule has 4 saturated heterocycles. The zero-order valence-corrected chi connectivity index (χ0v) is 17.2. The quantitative estimate of drug-likeness (QED) is 0.353. The fourth-order valence-electron chi connectivity index (χ4n) is 8.23. The van der Waals surface area contributed by atoms with E-state index in [4.69, 9.17) is 4.74 Å². The molecule has 5 bridgehead atoms. The molecule has 1 aromatic rings. The smallest absolute Gasteiger partial charge is 0.321 e. The van der Waals surface area contributed by atoms with Crippen LogP contribution in [-0.2, 0) is 14.9 Å². The van der Waals surface area contributed by atoms with Crippen LogP contribution < -0.4 is 17.7 Å². The molecular weight excluding hydrogens is 376 g/mol. The topological polar surface area (TPSA) is 58.6 Å². The lowest BCUT2D eigenvalue weighted by atomic mass is 9.57. The molecule has 0 radical (unpaired) electrons. The predicted octanol–water partition coefficient (Wildman–Crippen LogP) is -1.18. The molecular formula is C22H27ClN2O3. The van der Waals surface area contributed by atoms with Crippen LogP contribution in [0.15, 0.2) is 35.9 Å². The lowest BCUT2D eigenvalue weighted by Gasteiger charge is -2.64. The van der Waals surface area contributed by atoms with Crippen LogP contribution in [0.1, 0.15) is 25.3 Å². The Kier molecular flexibility index (Phi) is 3.51. The second-order valence-corrected chi connectivity index (χ2v) is 9.48. The van der Waals surface area contributed by atoms with Gasteiger partial charge < -0.3 is 32.1 Å². The largest absolute Gasteiger partial charge is 1.00 e. The minimum Gasteiger partial charge on any atom is -1.00 e. The summed E-state index contributed by atoms with van der Waals surface area (Å²) in [5, 5.41) is 15.8. The molecule has 1 spiro atoms. The lowest BCUT2D eigenvalue weighted by molar-refractivity contribution is -0.975. The Morgan fingerprint density at radius 2 is 2.14 bits per heavy atom. The average Bonchev–Trinajstić information content (AvgIpc) is 3.13. The van der Waals surface area contributed by atoms with Crippen molar-refractivity contribution in [1.82, 2.24) is 0 Å². The summed E-state index contributed by atoms with van der Waals surface area (Å²) >= 11 is 0. The number of halogens is 1. The van der Waals surface area contributed by atoms with Crippen molar-refractivity contribution in [3.05, 3.63) is 41.5 Å². The van der Waals surface area contributed by atoms with Crippen LogP contribution >= 0.6 is 0 Å². The Morgan fingerprint density at radius 1 is 1.39 bits per heavy atom. The molecule has 0 aromatic heterocycles. The maximum absolute atomic E-state index is 13.4. The van der Waals surface area contributed by atoms with Gasteiger partial charge in [-0.1, -0.05) is 24.3 Å². The van der Waals surface area contributed by atoms with Gasteiger partial charge in [0, 0.05) is 24.4 Å². The number of ether oxygens (including phenoxy) is 1. The van der Waals surface area contributed by atoms with E-state index >= 15 is 0 Å². The zero-order valence-electron chi connectivity index (χ0n) is 16.5. The van der Waals surface area contributed by atoms with E-state index < -0.39 is 16.9 Å². The van der Waals surface area contributed by atoms with Crippen LogP contribution in [0.3, 0.4) is 0 Å². The van der Waals surface area contributed by atoms with Crippen molar-refractivity contribution >= 4 is 11.7 Å². The number of aliphatic hydroxyl groups is 1. The molecule has 6 aliphatic rings. The number of anilines is 1. The second kappa shape index (κ2) is 5.32. The molecule has 28 heavy (non-hydrogen) atoms. The van der Waals surface area contributed by atoms with Gasteiger partial charge in [0.1, 0.15) is 18.6 Å². The highest BCUT2D eigenvalue weighted by Crippen LogP contribution is 2.73. The number of fused-ring (bicyclic) bond motifs is 2. The van der Waals surface area contributed by atoms with Crippen molar-refractivity contribution in [2.24, 2.45) is 11.3 Å². The van der Waals surface area contributed by atoms with E-state index in [2.05, 4.69) is 43.6 Å². The molecule has 5 fully saturated rings. The minimum atomic E-state index is -0.839. The highest BCUT2D eigenvalue weighted by atomic mass is 35.5. The molecule has 1 aromatic carbocycles. The third-order valence-electron chi connectivity index (χ3n) is 9.11. The summed E-state index contributed by atoms with van der Waals surface area (Å²) in [7, 11) is 3.78. The van der Waals surface area contributed by atoms with Gasteiger partial charge in [0.2, 0.25) is 0 Å². The highest BCUT2D eigenvalue weighted by Gasteiger charge is 2.87. The highest BCUT2D eigenvalue weighted by molar-refractivity contribution is 5.83. The monoisotopic (exact) mass is 402 g/mol. The summed E-state index contributed by atoms with van der Waals surface area (Å²) in [4.78, 5) is 13.4. The molecule has 5 heterocycles. The van der Waals surface area contributed by atoms with Crippen LogP contribution in [0, 0.1) is 11.3 Å². The first-order chi connectivity index (χ1) is 13.0. The number of carbonyl (C=O) groups excluding carboxylic acids is 1. The summed E-state index contributed by atoms with van der Waals surface area (Å²) in [6.45, 7) is 3.05. The Morgan fingerprint density at radius 3 is 2.86 bits per heavy atom. The number of nitrogens with one attached hydrogen (secondary N) is 1. The number of hydrogen-bond acceptors (Lipinski definition) is 4. The van der Waals surface area contributed by atoms with E-state index in [1.54, 1.807) is 0 Å². The minimum absolute atomic E-state index is 0. The van der Waals surface area contributed by atoms with Crippen LogP contribution in [0.5, 0.6) is 0 Å². The molecule has 8 atom stereocenters.